The first kappa shape index (κ1) is 10.6. The molecule has 0 spiro atoms. The van der Waals surface area contributed by atoms with Crippen LogP contribution in [0.1, 0.15) is 6.92 Å². The van der Waals surface area contributed by atoms with Gasteiger partial charge in [0.15, 0.2) is 0 Å². The third-order valence-electron chi connectivity index (χ3n) is 1.48. The molecule has 0 heterocycles. The first-order chi connectivity index (χ1) is 6.36. The Morgan fingerprint density at radius 3 is 2.08 bits per heavy atom. The van der Waals surface area contributed by atoms with E-state index in [0.717, 1.165) is 22.5 Å². The quantitative estimate of drug-likeness (QED) is 0.613. The first-order valence-corrected chi connectivity index (χ1v) is 5.81. The lowest BCUT2D eigenvalue weighted by molar-refractivity contribution is 0.333. The van der Waals surface area contributed by atoms with Crippen LogP contribution in [0, 0.1) is 0 Å². The highest BCUT2D eigenvalue weighted by molar-refractivity contribution is 14.1. The highest BCUT2D eigenvalue weighted by atomic mass is 127. The molecule has 0 unspecified atom stereocenters. The summed E-state index contributed by atoms with van der Waals surface area (Å²) in [4.78, 5) is 0. The number of halogens is 1. The first-order valence-electron chi connectivity index (χ1n) is 4.28. The highest BCUT2D eigenvalue weighted by Crippen LogP contribution is 2.17. The van der Waals surface area contributed by atoms with Crippen LogP contribution in [0.3, 0.4) is 0 Å². The Hall–Kier alpha value is -0.450. The summed E-state index contributed by atoms with van der Waals surface area (Å²) in [6.07, 6.45) is 0. The van der Waals surface area contributed by atoms with Crippen LogP contribution < -0.4 is 9.47 Å². The van der Waals surface area contributed by atoms with E-state index in [2.05, 4.69) is 22.6 Å². The second kappa shape index (κ2) is 6.07. The van der Waals surface area contributed by atoms with Crippen LogP contribution in [0.2, 0.25) is 0 Å². The van der Waals surface area contributed by atoms with E-state index in [1.807, 2.05) is 31.2 Å². The fraction of sp³-hybridized carbons (Fsp3) is 0.400. The van der Waals surface area contributed by atoms with Crippen molar-refractivity contribution in [1.82, 2.24) is 0 Å². The molecule has 3 heteroatoms. The van der Waals surface area contributed by atoms with E-state index in [0.29, 0.717) is 6.61 Å². The lowest BCUT2D eigenvalue weighted by Gasteiger charge is -2.05. The van der Waals surface area contributed by atoms with Gasteiger partial charge in [0.1, 0.15) is 11.5 Å². The molecule has 0 saturated heterocycles. The van der Waals surface area contributed by atoms with Gasteiger partial charge in [-0.05, 0) is 31.2 Å². The molecule has 0 bridgehead atoms. The highest BCUT2D eigenvalue weighted by Gasteiger charge is 1.94. The average molecular weight is 292 g/mol. The SMILES string of the molecule is CCOc1ccc(OCCI)cc1. The zero-order valence-electron chi connectivity index (χ0n) is 7.63. The smallest absolute Gasteiger partial charge is 0.119 e. The molecule has 2 nitrogen and oxygen atoms in total. The Morgan fingerprint density at radius 2 is 1.62 bits per heavy atom. The van der Waals surface area contributed by atoms with Gasteiger partial charge < -0.3 is 9.47 Å². The Bertz CT molecular complexity index is 233. The maximum absolute atomic E-state index is 5.43. The predicted molar refractivity (Wildman–Crippen MR) is 62.0 cm³/mol. The van der Waals surface area contributed by atoms with Crippen molar-refractivity contribution < 1.29 is 9.47 Å². The Labute approximate surface area is 92.4 Å². The molecule has 1 aromatic rings. The number of benzene rings is 1. The number of ether oxygens (including phenoxy) is 2. The summed E-state index contributed by atoms with van der Waals surface area (Å²) in [5, 5.41) is 0. The lowest BCUT2D eigenvalue weighted by Crippen LogP contribution is -1.97. The van der Waals surface area contributed by atoms with Crippen LogP contribution in [-0.4, -0.2) is 17.6 Å². The topological polar surface area (TPSA) is 18.5 Å². The van der Waals surface area contributed by atoms with Crippen molar-refractivity contribution in [3.8, 4) is 11.5 Å². The Morgan fingerprint density at radius 1 is 1.08 bits per heavy atom. The van der Waals surface area contributed by atoms with E-state index in [1.54, 1.807) is 0 Å². The van der Waals surface area contributed by atoms with Crippen molar-refractivity contribution in [2.24, 2.45) is 0 Å². The van der Waals surface area contributed by atoms with Crippen LogP contribution in [0.5, 0.6) is 11.5 Å². The van der Waals surface area contributed by atoms with Crippen LogP contribution in [0.4, 0.5) is 0 Å². The van der Waals surface area contributed by atoms with Gasteiger partial charge in [-0.1, -0.05) is 22.6 Å². The number of alkyl halides is 1. The van der Waals surface area contributed by atoms with E-state index in [9.17, 15) is 0 Å². The molecule has 0 aliphatic heterocycles. The van der Waals surface area contributed by atoms with Gasteiger partial charge >= 0.3 is 0 Å². The summed E-state index contributed by atoms with van der Waals surface area (Å²) >= 11 is 2.28. The van der Waals surface area contributed by atoms with Crippen molar-refractivity contribution in [3.63, 3.8) is 0 Å². The lowest BCUT2D eigenvalue weighted by atomic mass is 10.3. The fourth-order valence-electron chi connectivity index (χ4n) is 0.955. The summed E-state index contributed by atoms with van der Waals surface area (Å²) in [6, 6.07) is 7.70. The second-order valence-corrected chi connectivity index (χ2v) is 3.52. The predicted octanol–water partition coefficient (Wildman–Crippen LogP) is 2.90. The fourth-order valence-corrected chi connectivity index (χ4v) is 1.18. The summed E-state index contributed by atoms with van der Waals surface area (Å²) < 4.78 is 11.7. The molecule has 0 saturated carbocycles. The van der Waals surface area contributed by atoms with E-state index in [-0.39, 0.29) is 0 Å². The van der Waals surface area contributed by atoms with Crippen LogP contribution in [0.25, 0.3) is 0 Å². The van der Waals surface area contributed by atoms with Crippen LogP contribution in [0.15, 0.2) is 24.3 Å². The molecule has 0 aromatic heterocycles. The number of hydrogen-bond acceptors (Lipinski definition) is 2. The van der Waals surface area contributed by atoms with E-state index < -0.39 is 0 Å². The standard InChI is InChI=1S/C10H13IO2/c1-2-12-9-3-5-10(6-4-9)13-8-7-11/h3-6H,2,7-8H2,1H3. The van der Waals surface area contributed by atoms with Crippen molar-refractivity contribution in [2.45, 2.75) is 6.92 Å². The van der Waals surface area contributed by atoms with E-state index >= 15 is 0 Å². The Balaban J connectivity index is 2.48. The molecule has 1 aromatic carbocycles. The Kier molecular flexibility index (Phi) is 4.97. The maximum Gasteiger partial charge on any atom is 0.119 e. The van der Waals surface area contributed by atoms with Gasteiger partial charge in [-0.25, -0.2) is 0 Å². The average Bonchev–Trinajstić information content (AvgIpc) is 2.17. The normalized spacial score (nSPS) is 9.69. The molecule has 0 aliphatic carbocycles. The summed E-state index contributed by atoms with van der Waals surface area (Å²) in [5.74, 6) is 1.80. The molecular formula is C10H13IO2. The minimum absolute atomic E-state index is 0.702. The number of rotatable bonds is 5. The molecule has 0 radical (unpaired) electrons. The monoisotopic (exact) mass is 292 g/mol. The van der Waals surface area contributed by atoms with Crippen LogP contribution in [-0.2, 0) is 0 Å². The zero-order chi connectivity index (χ0) is 9.52. The van der Waals surface area contributed by atoms with Gasteiger partial charge in [0, 0.05) is 4.43 Å². The molecule has 0 fully saturated rings. The minimum Gasteiger partial charge on any atom is -0.494 e. The largest absolute Gasteiger partial charge is 0.494 e. The van der Waals surface area contributed by atoms with Gasteiger partial charge in [0.2, 0.25) is 0 Å². The van der Waals surface area contributed by atoms with Crippen molar-refractivity contribution in [1.29, 1.82) is 0 Å². The zero-order valence-corrected chi connectivity index (χ0v) is 9.78. The summed E-state index contributed by atoms with van der Waals surface area (Å²) in [7, 11) is 0. The van der Waals surface area contributed by atoms with Gasteiger partial charge in [-0.2, -0.15) is 0 Å². The molecule has 0 N–H and O–H groups in total. The molecule has 72 valence electrons. The summed E-state index contributed by atoms with van der Waals surface area (Å²) in [6.45, 7) is 3.43. The van der Waals surface area contributed by atoms with Gasteiger partial charge in [0.05, 0.1) is 13.2 Å². The number of hydrogen-bond donors (Lipinski definition) is 0. The van der Waals surface area contributed by atoms with Gasteiger partial charge in [0.25, 0.3) is 0 Å². The molecule has 0 atom stereocenters. The van der Waals surface area contributed by atoms with Crippen molar-refractivity contribution in [3.05, 3.63) is 24.3 Å². The second-order valence-electron chi connectivity index (χ2n) is 2.44. The maximum atomic E-state index is 5.43. The van der Waals surface area contributed by atoms with Crippen molar-refractivity contribution in [2.75, 3.05) is 17.6 Å². The third kappa shape index (κ3) is 3.85. The third-order valence-corrected chi connectivity index (χ3v) is 1.92. The van der Waals surface area contributed by atoms with Crippen LogP contribution >= 0.6 is 22.6 Å². The van der Waals surface area contributed by atoms with E-state index in [1.165, 1.54) is 0 Å². The molecule has 13 heavy (non-hydrogen) atoms. The molecule has 0 aliphatic rings. The molecular weight excluding hydrogens is 279 g/mol. The minimum atomic E-state index is 0.702. The van der Waals surface area contributed by atoms with Gasteiger partial charge in [-0.3, -0.25) is 0 Å². The van der Waals surface area contributed by atoms with Crippen molar-refractivity contribution >= 4 is 22.6 Å². The van der Waals surface area contributed by atoms with E-state index in [4.69, 9.17) is 9.47 Å². The molecule has 0 amide bonds. The molecule has 1 rings (SSSR count). The summed E-state index contributed by atoms with van der Waals surface area (Å²) in [5.41, 5.74) is 0. The van der Waals surface area contributed by atoms with Gasteiger partial charge in [-0.15, -0.1) is 0 Å².